The average Bonchev–Trinajstić information content (AvgIpc) is 2.59. The first-order valence-electron chi connectivity index (χ1n) is 5.32. The summed E-state index contributed by atoms with van der Waals surface area (Å²) in [6.45, 7) is 5.64. The number of hydrogen-bond acceptors (Lipinski definition) is 2. The number of rotatable bonds is 2. The van der Waals surface area contributed by atoms with Crippen molar-refractivity contribution in [1.29, 1.82) is 0 Å². The Labute approximate surface area is 90.0 Å². The highest BCUT2D eigenvalue weighted by Gasteiger charge is 2.21. The number of hydrogen-bond donors (Lipinski definition) is 1. The minimum absolute atomic E-state index is 0.788. The molecular weight excluding hydrogens is 186 g/mol. The molecule has 0 bridgehead atoms. The first-order chi connectivity index (χ1) is 7.36. The van der Waals surface area contributed by atoms with Gasteiger partial charge >= 0.3 is 0 Å². The second kappa shape index (κ2) is 4.26. The lowest BCUT2D eigenvalue weighted by molar-refractivity contribution is 1.09. The molecule has 15 heavy (non-hydrogen) atoms. The van der Waals surface area contributed by atoms with E-state index in [4.69, 9.17) is 0 Å². The van der Waals surface area contributed by atoms with Crippen LogP contribution in [0.25, 0.3) is 0 Å². The van der Waals surface area contributed by atoms with Gasteiger partial charge in [-0.2, -0.15) is 0 Å². The lowest BCUT2D eigenvalue weighted by Gasteiger charge is -1.97. The summed E-state index contributed by atoms with van der Waals surface area (Å²) in [7, 11) is 0. The van der Waals surface area contributed by atoms with Gasteiger partial charge < -0.3 is 5.32 Å². The van der Waals surface area contributed by atoms with Crippen LogP contribution in [0.4, 0.5) is 0 Å². The molecule has 1 aliphatic rings. The number of nitrogens with one attached hydrogen (secondary N) is 1. The van der Waals surface area contributed by atoms with Crippen LogP contribution in [-0.2, 0) is 0 Å². The molecule has 1 aromatic carbocycles. The maximum Gasteiger partial charge on any atom is 0.134 e. The molecule has 0 spiro atoms. The summed E-state index contributed by atoms with van der Waals surface area (Å²) in [6, 6.07) is 8.21. The Balaban J connectivity index is 2.49. The number of fused-ring (bicyclic) bond motifs is 1. The van der Waals surface area contributed by atoms with Crippen molar-refractivity contribution in [2.75, 3.05) is 13.1 Å². The number of amidine groups is 2. The SMILES string of the molecule is CCN=C1NC(=NCC)c2ccccc21. The quantitative estimate of drug-likeness (QED) is 0.778. The zero-order valence-electron chi connectivity index (χ0n) is 9.12. The Morgan fingerprint density at radius 3 is 1.80 bits per heavy atom. The van der Waals surface area contributed by atoms with Crippen molar-refractivity contribution in [3.63, 3.8) is 0 Å². The molecule has 0 radical (unpaired) electrons. The van der Waals surface area contributed by atoms with Crippen LogP contribution in [0.1, 0.15) is 25.0 Å². The summed E-state index contributed by atoms with van der Waals surface area (Å²) < 4.78 is 0. The molecule has 2 rings (SSSR count). The number of aliphatic imine (C=N–C) groups is 2. The summed E-state index contributed by atoms with van der Waals surface area (Å²) in [6.07, 6.45) is 0. The summed E-state index contributed by atoms with van der Waals surface area (Å²) in [4.78, 5) is 8.84. The molecule has 1 aromatic rings. The van der Waals surface area contributed by atoms with Crippen molar-refractivity contribution in [3.8, 4) is 0 Å². The summed E-state index contributed by atoms with van der Waals surface area (Å²) in [5, 5.41) is 3.26. The van der Waals surface area contributed by atoms with Crippen LogP contribution in [0.5, 0.6) is 0 Å². The molecule has 0 aliphatic carbocycles. The third-order valence-electron chi connectivity index (χ3n) is 2.31. The minimum atomic E-state index is 0.788. The Hall–Kier alpha value is -1.64. The fourth-order valence-corrected chi connectivity index (χ4v) is 1.71. The molecule has 0 atom stereocenters. The third kappa shape index (κ3) is 1.77. The Morgan fingerprint density at radius 2 is 1.40 bits per heavy atom. The van der Waals surface area contributed by atoms with Crippen molar-refractivity contribution in [2.24, 2.45) is 9.98 Å². The molecule has 3 nitrogen and oxygen atoms in total. The van der Waals surface area contributed by atoms with E-state index in [1.54, 1.807) is 0 Å². The van der Waals surface area contributed by atoms with Crippen molar-refractivity contribution >= 4 is 11.7 Å². The van der Waals surface area contributed by atoms with Crippen LogP contribution in [0.15, 0.2) is 34.3 Å². The number of benzene rings is 1. The predicted octanol–water partition coefficient (Wildman–Crippen LogP) is 1.82. The van der Waals surface area contributed by atoms with Crippen molar-refractivity contribution in [1.82, 2.24) is 5.32 Å². The van der Waals surface area contributed by atoms with Crippen molar-refractivity contribution in [3.05, 3.63) is 35.4 Å². The molecular formula is C12H15N3. The molecule has 0 aromatic heterocycles. The highest BCUT2D eigenvalue weighted by Crippen LogP contribution is 2.16. The second-order valence-corrected chi connectivity index (χ2v) is 3.32. The lowest BCUT2D eigenvalue weighted by Crippen LogP contribution is -2.22. The molecule has 78 valence electrons. The highest BCUT2D eigenvalue weighted by molar-refractivity contribution is 6.25. The molecule has 0 unspecified atom stereocenters. The van der Waals surface area contributed by atoms with E-state index < -0.39 is 0 Å². The van der Waals surface area contributed by atoms with E-state index in [0.717, 1.165) is 35.9 Å². The number of nitrogens with zero attached hydrogens (tertiary/aromatic N) is 2. The average molecular weight is 201 g/mol. The van der Waals surface area contributed by atoms with E-state index in [-0.39, 0.29) is 0 Å². The standard InChI is InChI=1S/C12H15N3/c1-3-13-11-9-7-5-6-8-10(9)12(15-11)14-4-2/h5-8H,3-4H2,1-2H3,(H,13,14,15). The zero-order chi connectivity index (χ0) is 10.7. The maximum absolute atomic E-state index is 4.42. The van der Waals surface area contributed by atoms with Crippen molar-refractivity contribution < 1.29 is 0 Å². The van der Waals surface area contributed by atoms with E-state index in [2.05, 4.69) is 27.4 Å². The van der Waals surface area contributed by atoms with Gasteiger partial charge in [0.05, 0.1) is 0 Å². The first-order valence-corrected chi connectivity index (χ1v) is 5.32. The second-order valence-electron chi connectivity index (χ2n) is 3.32. The monoisotopic (exact) mass is 201 g/mol. The van der Waals surface area contributed by atoms with Gasteiger partial charge in [-0.3, -0.25) is 9.98 Å². The highest BCUT2D eigenvalue weighted by atomic mass is 15.1. The fourth-order valence-electron chi connectivity index (χ4n) is 1.71. The van der Waals surface area contributed by atoms with Crippen molar-refractivity contribution in [2.45, 2.75) is 13.8 Å². The molecule has 0 saturated carbocycles. The van der Waals surface area contributed by atoms with Gasteiger partial charge in [0.25, 0.3) is 0 Å². The van der Waals surface area contributed by atoms with E-state index in [0.29, 0.717) is 0 Å². The summed E-state index contributed by atoms with van der Waals surface area (Å²) in [5.74, 6) is 1.89. The molecule has 1 N–H and O–H groups in total. The Bertz CT molecular complexity index is 380. The largest absolute Gasteiger partial charge is 0.325 e. The maximum atomic E-state index is 4.42. The first kappa shape index (κ1) is 9.90. The predicted molar refractivity (Wildman–Crippen MR) is 63.7 cm³/mol. The van der Waals surface area contributed by atoms with Crippen LogP contribution in [-0.4, -0.2) is 24.8 Å². The summed E-state index contributed by atoms with van der Waals surface area (Å²) >= 11 is 0. The van der Waals surface area contributed by atoms with E-state index >= 15 is 0 Å². The zero-order valence-corrected chi connectivity index (χ0v) is 9.12. The van der Waals surface area contributed by atoms with Gasteiger partial charge in [-0.05, 0) is 13.8 Å². The minimum Gasteiger partial charge on any atom is -0.325 e. The molecule has 3 heteroatoms. The van der Waals surface area contributed by atoms with E-state index in [1.165, 1.54) is 0 Å². The molecule has 1 heterocycles. The van der Waals surface area contributed by atoms with Gasteiger partial charge in [-0.25, -0.2) is 0 Å². The molecule has 0 amide bonds. The molecule has 0 saturated heterocycles. The van der Waals surface area contributed by atoms with Gasteiger partial charge in [0.15, 0.2) is 0 Å². The van der Waals surface area contributed by atoms with Gasteiger partial charge in [0.2, 0.25) is 0 Å². The van der Waals surface area contributed by atoms with Crippen LogP contribution in [0.2, 0.25) is 0 Å². The Kier molecular flexibility index (Phi) is 2.81. The topological polar surface area (TPSA) is 36.8 Å². The van der Waals surface area contributed by atoms with Gasteiger partial charge in [0, 0.05) is 24.2 Å². The molecule has 1 aliphatic heterocycles. The third-order valence-corrected chi connectivity index (χ3v) is 2.31. The normalized spacial score (nSPS) is 19.3. The van der Waals surface area contributed by atoms with Gasteiger partial charge in [-0.15, -0.1) is 0 Å². The smallest absolute Gasteiger partial charge is 0.134 e. The van der Waals surface area contributed by atoms with Gasteiger partial charge in [0.1, 0.15) is 11.7 Å². The molecule has 0 fully saturated rings. The van der Waals surface area contributed by atoms with Crippen LogP contribution in [0, 0.1) is 0 Å². The van der Waals surface area contributed by atoms with Crippen LogP contribution >= 0.6 is 0 Å². The lowest BCUT2D eigenvalue weighted by atomic mass is 10.1. The van der Waals surface area contributed by atoms with Crippen LogP contribution < -0.4 is 5.32 Å². The Morgan fingerprint density at radius 1 is 0.933 bits per heavy atom. The van der Waals surface area contributed by atoms with E-state index in [1.807, 2.05) is 26.0 Å². The van der Waals surface area contributed by atoms with E-state index in [9.17, 15) is 0 Å². The summed E-state index contributed by atoms with van der Waals surface area (Å²) in [5.41, 5.74) is 2.32. The van der Waals surface area contributed by atoms with Crippen LogP contribution in [0.3, 0.4) is 0 Å². The van der Waals surface area contributed by atoms with Gasteiger partial charge in [-0.1, -0.05) is 24.3 Å². The fraction of sp³-hybridized carbons (Fsp3) is 0.333.